The highest BCUT2D eigenvalue weighted by molar-refractivity contribution is 5.79. The number of carbonyl (C=O) groups is 1. The smallest absolute Gasteiger partial charge is 0.211 e. The molecule has 1 aromatic carbocycles. The molecule has 6 nitrogen and oxygen atoms in total. The average Bonchev–Trinajstić information content (AvgIpc) is 3.17. The highest BCUT2D eigenvalue weighted by Crippen LogP contribution is 2.32. The molecular weight excluding hydrogens is 316 g/mol. The molecule has 3 rings (SSSR count). The summed E-state index contributed by atoms with van der Waals surface area (Å²) in [6.07, 6.45) is 11.7. The van der Waals surface area contributed by atoms with Crippen molar-refractivity contribution in [1.82, 2.24) is 14.5 Å². The average molecular weight is 336 g/mol. The number of amides is 1. The molecule has 25 heavy (non-hydrogen) atoms. The summed E-state index contributed by atoms with van der Waals surface area (Å²) < 4.78 is 8.04. The summed E-state index contributed by atoms with van der Waals surface area (Å²) >= 11 is 0. The largest absolute Gasteiger partial charge is 0.493 e. The summed E-state index contributed by atoms with van der Waals surface area (Å²) in [5.74, 6) is 0.797. The van der Waals surface area contributed by atoms with Crippen molar-refractivity contribution in [2.24, 2.45) is 0 Å². The lowest BCUT2D eigenvalue weighted by Crippen LogP contribution is -2.02. The zero-order valence-corrected chi connectivity index (χ0v) is 13.8. The fraction of sp³-hybridized carbons (Fsp3) is 0.211. The zero-order chi connectivity index (χ0) is 17.3. The van der Waals surface area contributed by atoms with Gasteiger partial charge in [-0.25, -0.2) is 4.98 Å². The molecule has 0 aliphatic heterocycles. The fourth-order valence-corrected chi connectivity index (χ4v) is 2.57. The van der Waals surface area contributed by atoms with Crippen molar-refractivity contribution in [2.45, 2.75) is 19.4 Å². The lowest BCUT2D eigenvalue weighted by atomic mass is 10.1. The second-order valence-corrected chi connectivity index (χ2v) is 5.57. The van der Waals surface area contributed by atoms with Crippen LogP contribution in [0.2, 0.25) is 0 Å². The molecule has 0 aliphatic carbocycles. The Morgan fingerprint density at radius 2 is 1.96 bits per heavy atom. The number of hydrogen-bond acceptors (Lipinski definition) is 4. The molecule has 1 N–H and O–H groups in total. The van der Waals surface area contributed by atoms with E-state index in [0.717, 1.165) is 42.0 Å². The molecule has 0 radical (unpaired) electrons. The molecule has 0 aliphatic rings. The number of imidazole rings is 1. The summed E-state index contributed by atoms with van der Waals surface area (Å²) in [5.41, 5.74) is 2.66. The molecule has 0 atom stereocenters. The molecule has 0 saturated carbocycles. The van der Waals surface area contributed by atoms with E-state index < -0.39 is 0 Å². The van der Waals surface area contributed by atoms with E-state index in [0.29, 0.717) is 13.0 Å². The first-order chi connectivity index (χ1) is 12.4. The van der Waals surface area contributed by atoms with Crippen molar-refractivity contribution in [2.75, 3.05) is 11.9 Å². The maximum Gasteiger partial charge on any atom is 0.211 e. The van der Waals surface area contributed by atoms with Gasteiger partial charge in [-0.05, 0) is 48.7 Å². The lowest BCUT2D eigenvalue weighted by molar-refractivity contribution is -0.105. The van der Waals surface area contributed by atoms with Crippen molar-refractivity contribution in [3.05, 3.63) is 61.4 Å². The molecule has 0 unspecified atom stereocenters. The Morgan fingerprint density at radius 1 is 1.08 bits per heavy atom. The van der Waals surface area contributed by atoms with Crippen molar-refractivity contribution < 1.29 is 9.53 Å². The molecule has 0 spiro atoms. The van der Waals surface area contributed by atoms with Gasteiger partial charge in [-0.1, -0.05) is 0 Å². The van der Waals surface area contributed by atoms with E-state index in [1.165, 1.54) is 0 Å². The molecule has 128 valence electrons. The van der Waals surface area contributed by atoms with Gasteiger partial charge in [-0.15, -0.1) is 0 Å². The number of carbonyl (C=O) groups excluding carboxylic acids is 1. The van der Waals surface area contributed by atoms with E-state index in [2.05, 4.69) is 19.9 Å². The Hall–Kier alpha value is -3.15. The third-order valence-electron chi connectivity index (χ3n) is 3.82. The van der Waals surface area contributed by atoms with E-state index in [4.69, 9.17) is 4.74 Å². The van der Waals surface area contributed by atoms with Gasteiger partial charge in [0.15, 0.2) is 0 Å². The minimum Gasteiger partial charge on any atom is -0.493 e. The third kappa shape index (κ3) is 4.67. The first-order valence-corrected chi connectivity index (χ1v) is 8.20. The normalized spacial score (nSPS) is 10.4. The number of aryl methyl sites for hydroxylation is 1. The van der Waals surface area contributed by atoms with Gasteiger partial charge in [0.25, 0.3) is 0 Å². The number of hydrogen-bond donors (Lipinski definition) is 1. The first-order valence-electron chi connectivity index (χ1n) is 8.20. The van der Waals surface area contributed by atoms with E-state index >= 15 is 0 Å². The van der Waals surface area contributed by atoms with Crippen LogP contribution < -0.4 is 10.1 Å². The second kappa shape index (κ2) is 8.63. The number of unbranched alkanes of at least 4 members (excludes halogenated alkanes) is 1. The van der Waals surface area contributed by atoms with Crippen LogP contribution in [0.5, 0.6) is 5.75 Å². The molecule has 0 saturated heterocycles. The maximum atomic E-state index is 10.7. The van der Waals surface area contributed by atoms with Gasteiger partial charge in [0.2, 0.25) is 6.41 Å². The number of rotatable bonds is 9. The Morgan fingerprint density at radius 3 is 2.72 bits per heavy atom. The van der Waals surface area contributed by atoms with Crippen LogP contribution in [0.3, 0.4) is 0 Å². The Balaban J connectivity index is 1.64. The third-order valence-corrected chi connectivity index (χ3v) is 3.82. The summed E-state index contributed by atoms with van der Waals surface area (Å²) in [5, 5.41) is 2.68. The van der Waals surface area contributed by atoms with Crippen LogP contribution in [0, 0.1) is 0 Å². The molecule has 3 aromatic rings. The number of aromatic nitrogens is 3. The molecule has 2 heterocycles. The number of anilines is 1. The fourth-order valence-electron chi connectivity index (χ4n) is 2.57. The molecule has 1 amide bonds. The number of pyridine rings is 1. The minimum absolute atomic E-state index is 0.632. The highest BCUT2D eigenvalue weighted by atomic mass is 16.5. The van der Waals surface area contributed by atoms with Gasteiger partial charge in [0, 0.05) is 42.6 Å². The van der Waals surface area contributed by atoms with E-state index in [-0.39, 0.29) is 0 Å². The van der Waals surface area contributed by atoms with Crippen molar-refractivity contribution >= 4 is 12.1 Å². The summed E-state index contributed by atoms with van der Waals surface area (Å²) in [6, 6.07) is 9.47. The lowest BCUT2D eigenvalue weighted by Gasteiger charge is -2.13. The topological polar surface area (TPSA) is 69.0 Å². The van der Waals surface area contributed by atoms with Gasteiger partial charge < -0.3 is 14.6 Å². The monoisotopic (exact) mass is 336 g/mol. The first kappa shape index (κ1) is 16.7. The van der Waals surface area contributed by atoms with E-state index in [9.17, 15) is 4.79 Å². The standard InChI is InChI=1S/C19H20N4O2/c24-15-22-17-3-4-19(18(13-17)16-5-7-20-8-6-16)25-12-2-1-10-23-11-9-21-14-23/h3-9,11,13-15H,1-2,10,12H2,(H,22,24). The number of nitrogens with zero attached hydrogens (tertiary/aromatic N) is 3. The molecule has 0 fully saturated rings. The Kier molecular flexibility index (Phi) is 5.77. The van der Waals surface area contributed by atoms with Crippen molar-refractivity contribution in [3.8, 4) is 16.9 Å². The minimum atomic E-state index is 0.632. The highest BCUT2D eigenvalue weighted by Gasteiger charge is 2.08. The summed E-state index contributed by atoms with van der Waals surface area (Å²) in [6.45, 7) is 1.57. The molecule has 2 aromatic heterocycles. The van der Waals surface area contributed by atoms with Crippen molar-refractivity contribution in [3.63, 3.8) is 0 Å². The number of benzene rings is 1. The molecule has 6 heteroatoms. The zero-order valence-electron chi connectivity index (χ0n) is 13.8. The molecule has 0 bridgehead atoms. The van der Waals surface area contributed by atoms with Gasteiger partial charge in [-0.2, -0.15) is 0 Å². The van der Waals surface area contributed by atoms with Gasteiger partial charge >= 0.3 is 0 Å². The van der Waals surface area contributed by atoms with Crippen LogP contribution in [0.4, 0.5) is 5.69 Å². The van der Waals surface area contributed by atoms with Gasteiger partial charge in [0.1, 0.15) is 5.75 Å². The quantitative estimate of drug-likeness (QED) is 0.480. The summed E-state index contributed by atoms with van der Waals surface area (Å²) in [4.78, 5) is 18.8. The van der Waals surface area contributed by atoms with Crippen LogP contribution >= 0.6 is 0 Å². The van der Waals surface area contributed by atoms with Crippen LogP contribution in [-0.2, 0) is 11.3 Å². The van der Waals surface area contributed by atoms with Gasteiger partial charge in [-0.3, -0.25) is 9.78 Å². The Bertz CT molecular complexity index is 788. The SMILES string of the molecule is O=CNc1ccc(OCCCCn2ccnc2)c(-c2ccncc2)c1. The predicted octanol–water partition coefficient (Wildman–Crippen LogP) is 3.37. The van der Waals surface area contributed by atoms with Crippen LogP contribution in [0.25, 0.3) is 11.1 Å². The predicted molar refractivity (Wildman–Crippen MR) is 96.3 cm³/mol. The maximum absolute atomic E-state index is 10.7. The number of ether oxygens (including phenoxy) is 1. The number of nitrogens with one attached hydrogen (secondary N) is 1. The second-order valence-electron chi connectivity index (χ2n) is 5.57. The van der Waals surface area contributed by atoms with Crippen LogP contribution in [0.15, 0.2) is 61.4 Å². The molecular formula is C19H20N4O2. The van der Waals surface area contributed by atoms with Gasteiger partial charge in [0.05, 0.1) is 12.9 Å². The Labute approximate surface area is 146 Å². The summed E-state index contributed by atoms with van der Waals surface area (Å²) in [7, 11) is 0. The van der Waals surface area contributed by atoms with E-state index in [1.807, 2.05) is 42.9 Å². The van der Waals surface area contributed by atoms with Crippen LogP contribution in [0.1, 0.15) is 12.8 Å². The van der Waals surface area contributed by atoms with Crippen LogP contribution in [-0.4, -0.2) is 27.6 Å². The van der Waals surface area contributed by atoms with E-state index in [1.54, 1.807) is 18.6 Å². The van der Waals surface area contributed by atoms with Crippen molar-refractivity contribution in [1.29, 1.82) is 0 Å².